The smallest absolute Gasteiger partial charge is 0.0244 e. The zero-order valence-electron chi connectivity index (χ0n) is 13.9. The van der Waals surface area contributed by atoms with Crippen molar-refractivity contribution in [3.63, 3.8) is 0 Å². The second-order valence-electron chi connectivity index (χ2n) is 7.09. The van der Waals surface area contributed by atoms with E-state index >= 15 is 0 Å². The molecule has 0 radical (unpaired) electrons. The Morgan fingerprint density at radius 2 is 1.90 bits per heavy atom. The third-order valence-electron chi connectivity index (χ3n) is 4.18. The summed E-state index contributed by atoms with van der Waals surface area (Å²) in [5.41, 5.74) is 3.09. The van der Waals surface area contributed by atoms with Gasteiger partial charge in [-0.25, -0.2) is 0 Å². The lowest BCUT2D eigenvalue weighted by Gasteiger charge is -2.35. The van der Waals surface area contributed by atoms with Gasteiger partial charge < -0.3 is 5.32 Å². The molecule has 1 fully saturated rings. The summed E-state index contributed by atoms with van der Waals surface area (Å²) in [6.45, 7) is 13.7. The maximum Gasteiger partial charge on any atom is 0.0244 e. The fourth-order valence-corrected chi connectivity index (χ4v) is 2.59. The van der Waals surface area contributed by atoms with Crippen LogP contribution in [0.15, 0.2) is 36.9 Å². The van der Waals surface area contributed by atoms with Crippen molar-refractivity contribution < 1.29 is 0 Å². The van der Waals surface area contributed by atoms with E-state index in [9.17, 15) is 0 Å². The molecule has 2 rings (SSSR count). The molecule has 1 N–H and O–H groups in total. The number of nitrogens with one attached hydrogen (secondary N) is 1. The van der Waals surface area contributed by atoms with Gasteiger partial charge in [0, 0.05) is 24.7 Å². The molecule has 1 aromatic rings. The van der Waals surface area contributed by atoms with Crippen LogP contribution in [0.1, 0.15) is 44.7 Å². The van der Waals surface area contributed by atoms with Crippen LogP contribution in [-0.4, -0.2) is 29.6 Å². The van der Waals surface area contributed by atoms with E-state index in [1.165, 1.54) is 24.0 Å². The highest BCUT2D eigenvalue weighted by atomic mass is 15.2. The fourth-order valence-electron chi connectivity index (χ4n) is 2.59. The Hall–Kier alpha value is -1.12. The average molecular weight is 286 g/mol. The largest absolute Gasteiger partial charge is 0.314 e. The molecule has 0 unspecified atom stereocenters. The van der Waals surface area contributed by atoms with Gasteiger partial charge in [-0.05, 0) is 57.7 Å². The van der Waals surface area contributed by atoms with Crippen molar-refractivity contribution in [3.05, 3.63) is 48.0 Å². The molecule has 0 amide bonds. The van der Waals surface area contributed by atoms with Crippen LogP contribution in [-0.2, 0) is 13.0 Å². The van der Waals surface area contributed by atoms with Crippen molar-refractivity contribution in [1.82, 2.24) is 10.2 Å². The standard InChI is InChI=1S/C19H30N2/c1-5-14-21(19(2,3)4)15-17-9-7-6-8-16(17)12-13-20-18-10-11-18/h5-9,18,20H,1,10-15H2,2-4H3. The monoisotopic (exact) mass is 286 g/mol. The van der Waals surface area contributed by atoms with Crippen molar-refractivity contribution in [1.29, 1.82) is 0 Å². The first-order chi connectivity index (χ1) is 10.0. The molecule has 0 aliphatic heterocycles. The predicted molar refractivity (Wildman–Crippen MR) is 91.5 cm³/mol. The summed E-state index contributed by atoms with van der Waals surface area (Å²) in [4.78, 5) is 2.48. The molecule has 0 heterocycles. The Morgan fingerprint density at radius 1 is 1.24 bits per heavy atom. The molecule has 0 spiro atoms. The predicted octanol–water partition coefficient (Wildman–Crippen LogP) is 3.77. The van der Waals surface area contributed by atoms with Gasteiger partial charge in [-0.3, -0.25) is 4.90 Å². The van der Waals surface area contributed by atoms with Crippen molar-refractivity contribution in [2.24, 2.45) is 0 Å². The second-order valence-corrected chi connectivity index (χ2v) is 7.09. The molecule has 2 nitrogen and oxygen atoms in total. The van der Waals surface area contributed by atoms with Crippen molar-refractivity contribution in [2.45, 2.75) is 58.2 Å². The first kappa shape index (κ1) is 16.3. The van der Waals surface area contributed by atoms with E-state index in [0.29, 0.717) is 0 Å². The Labute approximate surface area is 130 Å². The molecule has 0 aromatic heterocycles. The number of rotatable bonds is 8. The molecule has 0 saturated heterocycles. The zero-order valence-corrected chi connectivity index (χ0v) is 13.9. The highest BCUT2D eigenvalue weighted by molar-refractivity contribution is 5.27. The first-order valence-electron chi connectivity index (χ1n) is 8.17. The normalized spacial score (nSPS) is 15.4. The fraction of sp³-hybridized carbons (Fsp3) is 0.579. The molecule has 0 atom stereocenters. The number of nitrogens with zero attached hydrogens (tertiary/aromatic N) is 1. The topological polar surface area (TPSA) is 15.3 Å². The van der Waals surface area contributed by atoms with E-state index in [1.54, 1.807) is 0 Å². The average Bonchev–Trinajstić information content (AvgIpc) is 3.23. The zero-order chi connectivity index (χ0) is 15.3. The molecular formula is C19H30N2. The van der Waals surface area contributed by atoms with Crippen LogP contribution in [0.3, 0.4) is 0 Å². The van der Waals surface area contributed by atoms with Crippen LogP contribution in [0.5, 0.6) is 0 Å². The number of benzene rings is 1. The molecular weight excluding hydrogens is 256 g/mol. The molecule has 1 aromatic carbocycles. The van der Waals surface area contributed by atoms with Crippen LogP contribution in [0.4, 0.5) is 0 Å². The van der Waals surface area contributed by atoms with Crippen LogP contribution < -0.4 is 5.32 Å². The lowest BCUT2D eigenvalue weighted by molar-refractivity contribution is 0.145. The first-order valence-corrected chi connectivity index (χ1v) is 8.17. The SMILES string of the molecule is C=CCN(Cc1ccccc1CCNC1CC1)C(C)(C)C. The highest BCUT2D eigenvalue weighted by Gasteiger charge is 2.22. The van der Waals surface area contributed by atoms with E-state index in [1.807, 2.05) is 6.08 Å². The van der Waals surface area contributed by atoms with Gasteiger partial charge in [-0.15, -0.1) is 6.58 Å². The Bertz CT molecular complexity index is 455. The maximum absolute atomic E-state index is 3.90. The second kappa shape index (κ2) is 7.24. The number of hydrogen-bond donors (Lipinski definition) is 1. The molecule has 21 heavy (non-hydrogen) atoms. The minimum Gasteiger partial charge on any atom is -0.314 e. The summed E-state index contributed by atoms with van der Waals surface area (Å²) in [7, 11) is 0. The van der Waals surface area contributed by atoms with Gasteiger partial charge >= 0.3 is 0 Å². The minimum absolute atomic E-state index is 0.160. The quantitative estimate of drug-likeness (QED) is 0.732. The Kier molecular flexibility index (Phi) is 5.60. The van der Waals surface area contributed by atoms with Crippen molar-refractivity contribution in [3.8, 4) is 0 Å². The Morgan fingerprint density at radius 3 is 2.48 bits per heavy atom. The van der Waals surface area contributed by atoms with Gasteiger partial charge in [0.05, 0.1) is 0 Å². The van der Waals surface area contributed by atoms with Crippen LogP contribution in [0.2, 0.25) is 0 Å². The summed E-state index contributed by atoms with van der Waals surface area (Å²) in [5, 5.41) is 3.61. The van der Waals surface area contributed by atoms with Crippen molar-refractivity contribution >= 4 is 0 Å². The lowest BCUT2D eigenvalue weighted by Crippen LogP contribution is -2.41. The van der Waals surface area contributed by atoms with Gasteiger partial charge in [-0.1, -0.05) is 30.3 Å². The maximum atomic E-state index is 3.90. The van der Waals surface area contributed by atoms with Crippen molar-refractivity contribution in [2.75, 3.05) is 13.1 Å². The Balaban J connectivity index is 2.01. The summed E-state index contributed by atoms with van der Waals surface area (Å²) in [6, 6.07) is 9.66. The van der Waals surface area contributed by atoms with E-state index in [2.05, 4.69) is 61.8 Å². The summed E-state index contributed by atoms with van der Waals surface area (Å²) in [5.74, 6) is 0. The number of hydrogen-bond acceptors (Lipinski definition) is 2. The summed E-state index contributed by atoms with van der Waals surface area (Å²) >= 11 is 0. The highest BCUT2D eigenvalue weighted by Crippen LogP contribution is 2.21. The molecule has 1 saturated carbocycles. The summed E-state index contributed by atoms with van der Waals surface area (Å²) < 4.78 is 0. The third kappa shape index (κ3) is 5.29. The molecule has 1 aliphatic rings. The van der Waals surface area contributed by atoms with Crippen LogP contribution >= 0.6 is 0 Å². The summed E-state index contributed by atoms with van der Waals surface area (Å²) in [6.07, 6.45) is 5.85. The van der Waals surface area contributed by atoms with Gasteiger partial charge in [0.25, 0.3) is 0 Å². The van der Waals surface area contributed by atoms with E-state index < -0.39 is 0 Å². The minimum atomic E-state index is 0.160. The third-order valence-corrected chi connectivity index (χ3v) is 4.18. The van der Waals surface area contributed by atoms with Gasteiger partial charge in [-0.2, -0.15) is 0 Å². The van der Waals surface area contributed by atoms with Gasteiger partial charge in [0.1, 0.15) is 0 Å². The van der Waals surface area contributed by atoms with E-state index in [0.717, 1.165) is 32.1 Å². The molecule has 116 valence electrons. The molecule has 1 aliphatic carbocycles. The van der Waals surface area contributed by atoms with E-state index in [-0.39, 0.29) is 5.54 Å². The van der Waals surface area contributed by atoms with Gasteiger partial charge in [0.2, 0.25) is 0 Å². The molecule has 2 heteroatoms. The van der Waals surface area contributed by atoms with E-state index in [4.69, 9.17) is 0 Å². The van der Waals surface area contributed by atoms with Crippen LogP contribution in [0, 0.1) is 0 Å². The van der Waals surface area contributed by atoms with Gasteiger partial charge in [0.15, 0.2) is 0 Å². The molecule has 0 bridgehead atoms. The lowest BCUT2D eigenvalue weighted by atomic mass is 10.0. The van der Waals surface area contributed by atoms with Crippen LogP contribution in [0.25, 0.3) is 0 Å².